The van der Waals surface area contributed by atoms with E-state index in [0.29, 0.717) is 12.3 Å². The van der Waals surface area contributed by atoms with Gasteiger partial charge in [0.1, 0.15) is 5.82 Å². The summed E-state index contributed by atoms with van der Waals surface area (Å²) < 4.78 is 13.6. The van der Waals surface area contributed by atoms with Gasteiger partial charge >= 0.3 is 0 Å². The molecule has 1 aromatic carbocycles. The van der Waals surface area contributed by atoms with E-state index in [-0.39, 0.29) is 35.6 Å². The highest BCUT2D eigenvalue weighted by Crippen LogP contribution is 2.32. The average Bonchev–Trinajstić information content (AvgIpc) is 3.11. The van der Waals surface area contributed by atoms with E-state index in [4.69, 9.17) is 0 Å². The number of carbonyl (C=O) groups excluding carboxylic acids is 2. The molecule has 3 N–H and O–H groups in total. The minimum absolute atomic E-state index is 0.0916. The van der Waals surface area contributed by atoms with Crippen LogP contribution in [0.15, 0.2) is 24.3 Å². The Morgan fingerprint density at radius 1 is 1.33 bits per heavy atom. The van der Waals surface area contributed by atoms with Crippen LogP contribution in [-0.2, 0) is 9.59 Å². The first-order chi connectivity index (χ1) is 12.9. The molecular formula is C20H29FN4O2. The number of piperidine rings is 1. The number of amides is 2. The van der Waals surface area contributed by atoms with E-state index in [1.54, 1.807) is 12.1 Å². The van der Waals surface area contributed by atoms with Crippen molar-refractivity contribution >= 4 is 11.8 Å². The van der Waals surface area contributed by atoms with Crippen LogP contribution in [0.25, 0.3) is 0 Å². The molecule has 7 heteroatoms. The molecule has 2 heterocycles. The summed E-state index contributed by atoms with van der Waals surface area (Å²) in [6.07, 6.45) is 2.18. The summed E-state index contributed by atoms with van der Waals surface area (Å²) in [5.41, 5.74) is 7.61. The van der Waals surface area contributed by atoms with Gasteiger partial charge in [0.15, 0.2) is 0 Å². The molecule has 0 spiro atoms. The third kappa shape index (κ3) is 5.05. The topological polar surface area (TPSA) is 73.5 Å². The van der Waals surface area contributed by atoms with Crippen LogP contribution in [0.3, 0.4) is 0 Å². The second-order valence-electron chi connectivity index (χ2n) is 7.74. The first-order valence-electron chi connectivity index (χ1n) is 9.72. The molecular weight excluding hydrogens is 347 g/mol. The highest BCUT2D eigenvalue weighted by Gasteiger charge is 2.37. The Kier molecular flexibility index (Phi) is 6.44. The van der Waals surface area contributed by atoms with Crippen molar-refractivity contribution < 1.29 is 14.0 Å². The minimum Gasteiger partial charge on any atom is -0.353 e. The molecule has 148 valence electrons. The van der Waals surface area contributed by atoms with Gasteiger partial charge in [0.2, 0.25) is 11.8 Å². The number of benzene rings is 1. The van der Waals surface area contributed by atoms with Gasteiger partial charge < -0.3 is 10.2 Å². The SMILES string of the molecule is CC(=O)NC(C)CC(=O)N1CCC(C2NNCC2c2cccc(F)c2)CC1. The van der Waals surface area contributed by atoms with Gasteiger partial charge in [0.25, 0.3) is 0 Å². The van der Waals surface area contributed by atoms with Crippen LogP contribution in [0.1, 0.15) is 44.6 Å². The lowest BCUT2D eigenvalue weighted by Gasteiger charge is -2.37. The molecule has 27 heavy (non-hydrogen) atoms. The molecule has 0 bridgehead atoms. The van der Waals surface area contributed by atoms with Crippen LogP contribution in [0.2, 0.25) is 0 Å². The summed E-state index contributed by atoms with van der Waals surface area (Å²) >= 11 is 0. The van der Waals surface area contributed by atoms with Crippen molar-refractivity contribution in [2.75, 3.05) is 19.6 Å². The molecule has 3 atom stereocenters. The molecule has 2 amide bonds. The largest absolute Gasteiger partial charge is 0.353 e. The van der Waals surface area contributed by atoms with Crippen LogP contribution < -0.4 is 16.2 Å². The van der Waals surface area contributed by atoms with Crippen molar-refractivity contribution in [3.63, 3.8) is 0 Å². The van der Waals surface area contributed by atoms with E-state index >= 15 is 0 Å². The van der Waals surface area contributed by atoms with Crippen molar-refractivity contribution in [1.29, 1.82) is 0 Å². The van der Waals surface area contributed by atoms with E-state index in [0.717, 1.165) is 38.0 Å². The van der Waals surface area contributed by atoms with E-state index < -0.39 is 0 Å². The summed E-state index contributed by atoms with van der Waals surface area (Å²) in [4.78, 5) is 25.4. The normalized spacial score (nSPS) is 24.6. The van der Waals surface area contributed by atoms with Crippen molar-refractivity contribution in [2.24, 2.45) is 5.92 Å². The van der Waals surface area contributed by atoms with Gasteiger partial charge in [-0.2, -0.15) is 0 Å². The number of likely N-dealkylation sites (tertiary alicyclic amines) is 1. The maximum atomic E-state index is 13.6. The fourth-order valence-electron chi connectivity index (χ4n) is 4.32. The molecule has 2 aliphatic heterocycles. The van der Waals surface area contributed by atoms with Gasteiger partial charge in [0, 0.05) is 51.0 Å². The molecule has 0 aliphatic carbocycles. The second-order valence-corrected chi connectivity index (χ2v) is 7.74. The van der Waals surface area contributed by atoms with Crippen molar-refractivity contribution in [1.82, 2.24) is 21.1 Å². The smallest absolute Gasteiger partial charge is 0.224 e. The number of rotatable bonds is 5. The number of hydrogen-bond donors (Lipinski definition) is 3. The maximum Gasteiger partial charge on any atom is 0.224 e. The van der Waals surface area contributed by atoms with Gasteiger partial charge in [-0.3, -0.25) is 20.4 Å². The average molecular weight is 376 g/mol. The summed E-state index contributed by atoms with van der Waals surface area (Å²) in [5, 5.41) is 2.76. The molecule has 2 saturated heterocycles. The number of halogens is 1. The molecule has 1 aromatic rings. The summed E-state index contributed by atoms with van der Waals surface area (Å²) in [6.45, 7) is 5.55. The van der Waals surface area contributed by atoms with Gasteiger partial charge in [-0.05, 0) is 43.4 Å². The van der Waals surface area contributed by atoms with Crippen molar-refractivity contribution in [3.05, 3.63) is 35.6 Å². The fourth-order valence-corrected chi connectivity index (χ4v) is 4.32. The van der Waals surface area contributed by atoms with Crippen LogP contribution in [-0.4, -0.2) is 48.4 Å². The van der Waals surface area contributed by atoms with Crippen LogP contribution in [0.4, 0.5) is 4.39 Å². The Morgan fingerprint density at radius 3 is 2.74 bits per heavy atom. The second kappa shape index (κ2) is 8.80. The molecule has 2 fully saturated rings. The third-order valence-electron chi connectivity index (χ3n) is 5.63. The maximum absolute atomic E-state index is 13.6. The number of nitrogens with zero attached hydrogens (tertiary/aromatic N) is 1. The third-order valence-corrected chi connectivity index (χ3v) is 5.63. The molecule has 3 rings (SSSR count). The number of carbonyl (C=O) groups is 2. The Morgan fingerprint density at radius 2 is 2.07 bits per heavy atom. The lowest BCUT2D eigenvalue weighted by atomic mass is 9.80. The molecule has 0 radical (unpaired) electrons. The summed E-state index contributed by atoms with van der Waals surface area (Å²) in [6, 6.07) is 6.93. The van der Waals surface area contributed by atoms with Gasteiger partial charge in [-0.1, -0.05) is 12.1 Å². The van der Waals surface area contributed by atoms with Crippen molar-refractivity contribution in [3.8, 4) is 0 Å². The number of hydrogen-bond acceptors (Lipinski definition) is 4. The highest BCUT2D eigenvalue weighted by atomic mass is 19.1. The molecule has 0 aromatic heterocycles. The lowest BCUT2D eigenvalue weighted by Crippen LogP contribution is -2.47. The quantitative estimate of drug-likeness (QED) is 0.729. The minimum atomic E-state index is -0.202. The monoisotopic (exact) mass is 376 g/mol. The zero-order valence-corrected chi connectivity index (χ0v) is 16.0. The number of hydrazine groups is 1. The Balaban J connectivity index is 1.54. The Hall–Kier alpha value is -1.99. The zero-order chi connectivity index (χ0) is 19.4. The number of nitrogens with one attached hydrogen (secondary N) is 3. The predicted octanol–water partition coefficient (Wildman–Crippen LogP) is 1.54. The first kappa shape index (κ1) is 19.8. The first-order valence-corrected chi connectivity index (χ1v) is 9.72. The van der Waals surface area contributed by atoms with E-state index in [1.807, 2.05) is 17.9 Å². The van der Waals surface area contributed by atoms with Gasteiger partial charge in [-0.15, -0.1) is 0 Å². The van der Waals surface area contributed by atoms with Gasteiger partial charge in [0.05, 0.1) is 0 Å². The van der Waals surface area contributed by atoms with Crippen LogP contribution >= 0.6 is 0 Å². The summed E-state index contributed by atoms with van der Waals surface area (Å²) in [5.74, 6) is 0.441. The van der Waals surface area contributed by atoms with E-state index in [2.05, 4.69) is 16.2 Å². The van der Waals surface area contributed by atoms with Gasteiger partial charge in [-0.25, -0.2) is 4.39 Å². The zero-order valence-electron chi connectivity index (χ0n) is 16.0. The molecule has 6 nitrogen and oxygen atoms in total. The van der Waals surface area contributed by atoms with E-state index in [1.165, 1.54) is 13.0 Å². The standard InChI is InChI=1S/C20H29FN4O2/c1-13(23-14(2)26)10-19(27)25-8-6-15(7-9-25)20-18(12-22-24-20)16-4-3-5-17(21)11-16/h3-5,11,13,15,18,20,22,24H,6-10,12H2,1-2H3,(H,23,26). The Labute approximate surface area is 159 Å². The highest BCUT2D eigenvalue weighted by molar-refractivity contribution is 5.78. The molecule has 0 saturated carbocycles. The summed E-state index contributed by atoms with van der Waals surface area (Å²) in [7, 11) is 0. The van der Waals surface area contributed by atoms with Crippen LogP contribution in [0.5, 0.6) is 0 Å². The lowest BCUT2D eigenvalue weighted by molar-refractivity contribution is -0.133. The predicted molar refractivity (Wildman–Crippen MR) is 101 cm³/mol. The van der Waals surface area contributed by atoms with Crippen molar-refractivity contribution in [2.45, 2.75) is 51.1 Å². The van der Waals surface area contributed by atoms with Crippen LogP contribution in [0, 0.1) is 11.7 Å². The Bertz CT molecular complexity index is 676. The van der Waals surface area contributed by atoms with E-state index in [9.17, 15) is 14.0 Å². The molecule has 3 unspecified atom stereocenters. The fraction of sp³-hybridized carbons (Fsp3) is 0.600. The molecule has 2 aliphatic rings.